The molecule has 0 radical (unpaired) electrons. The van der Waals surface area contributed by atoms with E-state index in [9.17, 15) is 18.0 Å². The molecule has 0 unspecified atom stereocenters. The lowest BCUT2D eigenvalue weighted by atomic mass is 10.1. The van der Waals surface area contributed by atoms with E-state index in [-0.39, 0.29) is 5.69 Å². The molecule has 0 bridgehead atoms. The second-order valence-corrected chi connectivity index (χ2v) is 4.56. The van der Waals surface area contributed by atoms with Crippen LogP contribution < -0.4 is 5.73 Å². The van der Waals surface area contributed by atoms with Crippen LogP contribution in [0.2, 0.25) is 0 Å². The lowest BCUT2D eigenvalue weighted by Crippen LogP contribution is -2.20. The Balaban J connectivity index is 2.35. The van der Waals surface area contributed by atoms with Crippen molar-refractivity contribution in [2.24, 2.45) is 5.73 Å². The number of rotatable bonds is 2. The molecule has 0 aliphatic heterocycles. The first-order chi connectivity index (χ1) is 10.4. The summed E-state index contributed by atoms with van der Waals surface area (Å²) in [5.74, 6) is -1.19. The summed E-state index contributed by atoms with van der Waals surface area (Å²) < 4.78 is 40.5. The molecule has 2 N–H and O–H groups in total. The van der Waals surface area contributed by atoms with E-state index in [0.29, 0.717) is 15.5 Å². The molecule has 3 rings (SSSR count). The van der Waals surface area contributed by atoms with Crippen LogP contribution in [0.3, 0.4) is 0 Å². The molecule has 0 saturated heterocycles. The van der Waals surface area contributed by atoms with Gasteiger partial charge < -0.3 is 5.73 Å². The van der Waals surface area contributed by atoms with Crippen LogP contribution in [0.5, 0.6) is 0 Å². The molecule has 0 fully saturated rings. The first kappa shape index (κ1) is 14.1. The van der Waals surface area contributed by atoms with Gasteiger partial charge in [-0.1, -0.05) is 24.3 Å². The molecule has 112 valence electrons. The molecule has 0 spiro atoms. The van der Waals surface area contributed by atoms with Gasteiger partial charge in [-0.3, -0.25) is 9.78 Å². The van der Waals surface area contributed by atoms with Gasteiger partial charge in [0, 0.05) is 17.0 Å². The van der Waals surface area contributed by atoms with Gasteiger partial charge in [0.25, 0.3) is 5.91 Å². The number of benzene rings is 1. The summed E-state index contributed by atoms with van der Waals surface area (Å²) in [5, 5.41) is 4.87. The zero-order valence-corrected chi connectivity index (χ0v) is 11.0. The minimum Gasteiger partial charge on any atom is -0.365 e. The van der Waals surface area contributed by atoms with E-state index in [1.165, 1.54) is 12.4 Å². The van der Waals surface area contributed by atoms with Crippen molar-refractivity contribution >= 4 is 16.7 Å². The van der Waals surface area contributed by atoms with Gasteiger partial charge in [-0.25, -0.2) is 4.68 Å². The van der Waals surface area contributed by atoms with E-state index in [1.54, 1.807) is 24.3 Å². The minimum absolute atomic E-state index is 0.123. The van der Waals surface area contributed by atoms with Crippen molar-refractivity contribution in [2.75, 3.05) is 0 Å². The van der Waals surface area contributed by atoms with Gasteiger partial charge in [-0.2, -0.15) is 18.3 Å². The number of hydrogen-bond acceptors (Lipinski definition) is 3. The second-order valence-electron chi connectivity index (χ2n) is 4.56. The molecule has 5 nitrogen and oxygen atoms in total. The van der Waals surface area contributed by atoms with Crippen molar-refractivity contribution in [3.63, 3.8) is 0 Å². The molecule has 0 atom stereocenters. The Bertz CT molecular complexity index is 865. The van der Waals surface area contributed by atoms with Crippen LogP contribution in [0.15, 0.2) is 42.9 Å². The summed E-state index contributed by atoms with van der Waals surface area (Å²) >= 11 is 0. The Hall–Kier alpha value is -2.90. The molecule has 22 heavy (non-hydrogen) atoms. The van der Waals surface area contributed by atoms with Crippen LogP contribution in [-0.4, -0.2) is 20.7 Å². The van der Waals surface area contributed by atoms with Crippen LogP contribution in [0.25, 0.3) is 16.5 Å². The van der Waals surface area contributed by atoms with Crippen LogP contribution in [0.1, 0.15) is 16.1 Å². The SMILES string of the molecule is NC(=O)c1cnn(-c2cncc3ccccc23)c1C(F)(F)F. The third kappa shape index (κ3) is 2.18. The molecular formula is C14H9F3N4O. The van der Waals surface area contributed by atoms with E-state index >= 15 is 0 Å². The standard InChI is InChI=1S/C14H9F3N4O/c15-14(16,17)12-10(13(18)22)6-20-21(12)11-7-19-5-8-3-1-2-4-9(8)11/h1-7H,(H2,18,22). The molecule has 1 amide bonds. The smallest absolute Gasteiger partial charge is 0.365 e. The van der Waals surface area contributed by atoms with Crippen LogP contribution >= 0.6 is 0 Å². The van der Waals surface area contributed by atoms with E-state index in [0.717, 1.165) is 6.20 Å². The highest BCUT2D eigenvalue weighted by Gasteiger charge is 2.40. The maximum atomic E-state index is 13.3. The number of aromatic nitrogens is 3. The van der Waals surface area contributed by atoms with E-state index in [1.807, 2.05) is 0 Å². The number of halogens is 3. The molecule has 0 aliphatic carbocycles. The topological polar surface area (TPSA) is 73.8 Å². The normalized spacial score (nSPS) is 11.8. The van der Waals surface area contributed by atoms with Crippen molar-refractivity contribution < 1.29 is 18.0 Å². The lowest BCUT2D eigenvalue weighted by molar-refractivity contribution is -0.143. The number of nitrogens with two attached hydrogens (primary N) is 1. The highest BCUT2D eigenvalue weighted by Crippen LogP contribution is 2.34. The van der Waals surface area contributed by atoms with E-state index in [2.05, 4.69) is 10.1 Å². The number of alkyl halides is 3. The molecule has 0 aliphatic rings. The summed E-state index contributed by atoms with van der Waals surface area (Å²) in [4.78, 5) is 15.2. The van der Waals surface area contributed by atoms with Crippen molar-refractivity contribution in [1.82, 2.24) is 14.8 Å². The maximum absolute atomic E-state index is 13.3. The second kappa shape index (κ2) is 4.83. The largest absolute Gasteiger partial charge is 0.434 e. The van der Waals surface area contributed by atoms with Crippen LogP contribution in [0.4, 0.5) is 13.2 Å². The molecule has 2 heterocycles. The van der Waals surface area contributed by atoms with Gasteiger partial charge in [-0.05, 0) is 0 Å². The summed E-state index contributed by atoms with van der Waals surface area (Å²) in [6.07, 6.45) is -1.18. The fourth-order valence-corrected chi connectivity index (χ4v) is 2.25. The Morgan fingerprint density at radius 3 is 2.55 bits per heavy atom. The summed E-state index contributed by atoms with van der Waals surface area (Å²) in [6, 6.07) is 6.81. The predicted octanol–water partition coefficient (Wildman–Crippen LogP) is 2.54. The van der Waals surface area contributed by atoms with Gasteiger partial charge in [0.1, 0.15) is 0 Å². The van der Waals surface area contributed by atoms with Crippen molar-refractivity contribution in [3.8, 4) is 5.69 Å². The third-order valence-electron chi connectivity index (χ3n) is 3.18. The molecule has 3 aromatic rings. The molecule has 1 aromatic carbocycles. The average molecular weight is 306 g/mol. The van der Waals surface area contributed by atoms with Gasteiger partial charge in [-0.15, -0.1) is 0 Å². The number of amides is 1. The van der Waals surface area contributed by atoms with Gasteiger partial charge >= 0.3 is 6.18 Å². The Morgan fingerprint density at radius 1 is 1.14 bits per heavy atom. The van der Waals surface area contributed by atoms with E-state index in [4.69, 9.17) is 5.73 Å². The number of primary amides is 1. The number of carbonyl (C=O) groups is 1. The van der Waals surface area contributed by atoms with Crippen molar-refractivity contribution in [2.45, 2.75) is 6.18 Å². The van der Waals surface area contributed by atoms with E-state index < -0.39 is 23.3 Å². The highest BCUT2D eigenvalue weighted by atomic mass is 19.4. The first-order valence-corrected chi connectivity index (χ1v) is 6.17. The predicted molar refractivity (Wildman–Crippen MR) is 72.4 cm³/mol. The summed E-state index contributed by atoms with van der Waals surface area (Å²) in [5.41, 5.74) is 3.24. The molecule has 0 saturated carbocycles. The van der Waals surface area contributed by atoms with Gasteiger partial charge in [0.15, 0.2) is 5.69 Å². The first-order valence-electron chi connectivity index (χ1n) is 6.17. The van der Waals surface area contributed by atoms with Crippen LogP contribution in [0, 0.1) is 0 Å². The van der Waals surface area contributed by atoms with Crippen molar-refractivity contribution in [1.29, 1.82) is 0 Å². The number of hydrogen-bond donors (Lipinski definition) is 1. The quantitative estimate of drug-likeness (QED) is 0.790. The van der Waals surface area contributed by atoms with Gasteiger partial charge in [0.05, 0.1) is 23.6 Å². The zero-order chi connectivity index (χ0) is 15.9. The average Bonchev–Trinajstić information content (AvgIpc) is 2.91. The number of fused-ring (bicyclic) bond motifs is 1. The van der Waals surface area contributed by atoms with Crippen LogP contribution in [-0.2, 0) is 6.18 Å². The number of carbonyl (C=O) groups excluding carboxylic acids is 1. The van der Waals surface area contributed by atoms with Gasteiger partial charge in [0.2, 0.25) is 0 Å². The summed E-state index contributed by atoms with van der Waals surface area (Å²) in [7, 11) is 0. The fourth-order valence-electron chi connectivity index (χ4n) is 2.25. The molecular weight excluding hydrogens is 297 g/mol. The third-order valence-corrected chi connectivity index (χ3v) is 3.18. The number of pyridine rings is 1. The fraction of sp³-hybridized carbons (Fsp3) is 0.0714. The monoisotopic (exact) mass is 306 g/mol. The summed E-state index contributed by atoms with van der Waals surface area (Å²) in [6.45, 7) is 0. The lowest BCUT2D eigenvalue weighted by Gasteiger charge is -2.13. The Kier molecular flexibility index (Phi) is 3.09. The molecule has 2 aromatic heterocycles. The minimum atomic E-state index is -4.78. The number of nitrogens with zero attached hydrogens (tertiary/aromatic N) is 3. The Labute approximate surface area is 122 Å². The maximum Gasteiger partial charge on any atom is 0.434 e. The highest BCUT2D eigenvalue weighted by molar-refractivity contribution is 5.95. The van der Waals surface area contributed by atoms with Crippen molar-refractivity contribution in [3.05, 3.63) is 54.1 Å². The zero-order valence-electron chi connectivity index (χ0n) is 11.0. The molecule has 8 heteroatoms. The Morgan fingerprint density at radius 2 is 1.86 bits per heavy atom.